The fourth-order valence-corrected chi connectivity index (χ4v) is 4.30. The molecule has 1 saturated heterocycles. The van der Waals surface area contributed by atoms with E-state index in [0.717, 1.165) is 18.8 Å². The zero-order chi connectivity index (χ0) is 15.5. The van der Waals surface area contributed by atoms with Crippen LogP contribution in [0.3, 0.4) is 0 Å². The van der Waals surface area contributed by atoms with E-state index in [9.17, 15) is 4.79 Å². The summed E-state index contributed by atoms with van der Waals surface area (Å²) in [4.78, 5) is 14.7. The van der Waals surface area contributed by atoms with E-state index in [4.69, 9.17) is 4.74 Å². The molecule has 2 rings (SSSR count). The van der Waals surface area contributed by atoms with Gasteiger partial charge in [0.2, 0.25) is 0 Å². The second-order valence-electron chi connectivity index (χ2n) is 8.04. The van der Waals surface area contributed by atoms with Gasteiger partial charge in [-0.15, -0.1) is 0 Å². The highest BCUT2D eigenvalue weighted by atomic mass is 16.5. The zero-order valence-corrected chi connectivity index (χ0v) is 14.4. The van der Waals surface area contributed by atoms with Crippen LogP contribution in [0.5, 0.6) is 0 Å². The molecule has 122 valence electrons. The summed E-state index contributed by atoms with van der Waals surface area (Å²) in [7, 11) is 0. The summed E-state index contributed by atoms with van der Waals surface area (Å²) in [6.45, 7) is 11.8. The predicted octanol–water partition coefficient (Wildman–Crippen LogP) is 4.01. The first-order valence-corrected chi connectivity index (χ1v) is 8.78. The summed E-state index contributed by atoms with van der Waals surface area (Å²) in [6.07, 6.45) is 7.98. The van der Waals surface area contributed by atoms with Crippen molar-refractivity contribution in [3.63, 3.8) is 0 Å². The number of hydrogen-bond donors (Lipinski definition) is 0. The minimum absolute atomic E-state index is 0.00129. The van der Waals surface area contributed by atoms with Gasteiger partial charge in [-0.1, -0.05) is 20.8 Å². The lowest BCUT2D eigenvalue weighted by molar-refractivity contribution is -0.147. The maximum Gasteiger partial charge on any atom is 0.307 e. The molecule has 0 atom stereocenters. The van der Waals surface area contributed by atoms with Crippen LogP contribution < -0.4 is 0 Å². The number of nitrogens with zero attached hydrogens (tertiary/aromatic N) is 1. The Hall–Kier alpha value is -0.570. The lowest BCUT2D eigenvalue weighted by Crippen LogP contribution is -2.52. The highest BCUT2D eigenvalue weighted by molar-refractivity contribution is 5.71. The molecule has 0 unspecified atom stereocenters. The van der Waals surface area contributed by atoms with E-state index >= 15 is 0 Å². The van der Waals surface area contributed by atoms with Crippen molar-refractivity contribution in [2.24, 2.45) is 11.3 Å². The average Bonchev–Trinajstić information content (AvgIpc) is 2.92. The lowest BCUT2D eigenvalue weighted by atomic mass is 9.66. The molecule has 1 aliphatic heterocycles. The van der Waals surface area contributed by atoms with Gasteiger partial charge >= 0.3 is 5.97 Å². The zero-order valence-electron chi connectivity index (χ0n) is 14.4. The number of carbonyl (C=O) groups excluding carboxylic acids is 1. The molecule has 0 radical (unpaired) electrons. The lowest BCUT2D eigenvalue weighted by Gasteiger charge is -2.48. The van der Waals surface area contributed by atoms with Crippen molar-refractivity contribution >= 4 is 5.97 Å². The van der Waals surface area contributed by atoms with Crippen molar-refractivity contribution < 1.29 is 9.53 Å². The van der Waals surface area contributed by atoms with Gasteiger partial charge in [0.15, 0.2) is 0 Å². The second kappa shape index (κ2) is 6.68. The molecule has 1 aliphatic carbocycles. The van der Waals surface area contributed by atoms with Gasteiger partial charge in [-0.25, -0.2) is 0 Å². The van der Waals surface area contributed by atoms with Crippen LogP contribution in [0.25, 0.3) is 0 Å². The van der Waals surface area contributed by atoms with Gasteiger partial charge in [-0.3, -0.25) is 9.69 Å². The Kier molecular flexibility index (Phi) is 5.34. The molecule has 0 bridgehead atoms. The summed E-state index contributed by atoms with van der Waals surface area (Å²) in [5, 5.41) is 0. The Morgan fingerprint density at radius 3 is 2.24 bits per heavy atom. The van der Waals surface area contributed by atoms with Crippen molar-refractivity contribution in [2.45, 2.75) is 78.2 Å². The Morgan fingerprint density at radius 2 is 1.76 bits per heavy atom. The summed E-state index contributed by atoms with van der Waals surface area (Å²) in [5.41, 5.74) is 0.478. The van der Waals surface area contributed by atoms with Crippen LogP contribution in [0.2, 0.25) is 0 Å². The molecular weight excluding hydrogens is 262 g/mol. The summed E-state index contributed by atoms with van der Waals surface area (Å²) in [6, 6.07) is 0. The van der Waals surface area contributed by atoms with E-state index in [1.165, 1.54) is 38.8 Å². The van der Waals surface area contributed by atoms with Gasteiger partial charge in [0, 0.05) is 5.54 Å². The molecule has 0 amide bonds. The van der Waals surface area contributed by atoms with Crippen LogP contribution in [0, 0.1) is 11.3 Å². The fourth-order valence-electron chi connectivity index (χ4n) is 4.30. The normalized spacial score (nSPS) is 31.3. The van der Waals surface area contributed by atoms with Gasteiger partial charge in [0.05, 0.1) is 13.0 Å². The standard InChI is InChI=1S/C18H33NO2/c1-5-21-16(20)14-18(19-12-6-7-13-19)10-8-15(9-11-18)17(2,3)4/h15H,5-14H2,1-4H3. The van der Waals surface area contributed by atoms with Crippen LogP contribution in [0.4, 0.5) is 0 Å². The van der Waals surface area contributed by atoms with E-state index in [2.05, 4.69) is 25.7 Å². The molecular formula is C18H33NO2. The molecule has 1 heterocycles. The van der Waals surface area contributed by atoms with Gasteiger partial charge in [-0.05, 0) is 69.9 Å². The van der Waals surface area contributed by atoms with Crippen LogP contribution in [0.15, 0.2) is 0 Å². The van der Waals surface area contributed by atoms with Crippen LogP contribution in [0.1, 0.15) is 72.6 Å². The highest BCUT2D eigenvalue weighted by Crippen LogP contribution is 2.46. The maximum atomic E-state index is 12.1. The van der Waals surface area contributed by atoms with Crippen molar-refractivity contribution in [3.8, 4) is 0 Å². The Labute approximate surface area is 130 Å². The minimum Gasteiger partial charge on any atom is -0.466 e. The number of rotatable bonds is 4. The molecule has 0 aromatic rings. The minimum atomic E-state index is -0.00129. The molecule has 21 heavy (non-hydrogen) atoms. The molecule has 0 aromatic carbocycles. The van der Waals surface area contributed by atoms with Crippen molar-refractivity contribution in [1.82, 2.24) is 4.90 Å². The Morgan fingerprint density at radius 1 is 1.19 bits per heavy atom. The van der Waals surface area contributed by atoms with Gasteiger partial charge in [-0.2, -0.15) is 0 Å². The van der Waals surface area contributed by atoms with E-state index in [1.54, 1.807) is 0 Å². The first-order chi connectivity index (χ1) is 9.87. The van der Waals surface area contributed by atoms with Crippen LogP contribution >= 0.6 is 0 Å². The number of esters is 1. The second-order valence-corrected chi connectivity index (χ2v) is 8.04. The van der Waals surface area contributed by atoms with E-state index in [-0.39, 0.29) is 11.5 Å². The first kappa shape index (κ1) is 16.8. The topological polar surface area (TPSA) is 29.5 Å². The smallest absolute Gasteiger partial charge is 0.307 e. The largest absolute Gasteiger partial charge is 0.466 e. The summed E-state index contributed by atoms with van der Waals surface area (Å²) >= 11 is 0. The molecule has 1 saturated carbocycles. The molecule has 2 aliphatic rings. The average molecular weight is 295 g/mol. The summed E-state index contributed by atoms with van der Waals surface area (Å²) < 4.78 is 5.26. The molecule has 3 heteroatoms. The Balaban J connectivity index is 2.06. The number of ether oxygens (including phenoxy) is 1. The fraction of sp³-hybridized carbons (Fsp3) is 0.944. The number of hydrogen-bond acceptors (Lipinski definition) is 3. The highest BCUT2D eigenvalue weighted by Gasteiger charge is 2.44. The van der Waals surface area contributed by atoms with Crippen molar-refractivity contribution in [3.05, 3.63) is 0 Å². The van der Waals surface area contributed by atoms with E-state index < -0.39 is 0 Å². The third-order valence-corrected chi connectivity index (χ3v) is 5.70. The van der Waals surface area contributed by atoms with E-state index in [1.807, 2.05) is 6.92 Å². The van der Waals surface area contributed by atoms with Crippen molar-refractivity contribution in [1.29, 1.82) is 0 Å². The molecule has 0 N–H and O–H groups in total. The maximum absolute atomic E-state index is 12.1. The predicted molar refractivity (Wildman–Crippen MR) is 86.2 cm³/mol. The quantitative estimate of drug-likeness (QED) is 0.734. The summed E-state index contributed by atoms with van der Waals surface area (Å²) in [5.74, 6) is 0.786. The third-order valence-electron chi connectivity index (χ3n) is 5.70. The van der Waals surface area contributed by atoms with Gasteiger partial charge in [0.25, 0.3) is 0 Å². The van der Waals surface area contributed by atoms with Gasteiger partial charge in [0.1, 0.15) is 0 Å². The number of likely N-dealkylation sites (tertiary alicyclic amines) is 1. The molecule has 3 nitrogen and oxygen atoms in total. The Bertz CT molecular complexity index is 345. The molecule has 0 aromatic heterocycles. The molecule has 2 fully saturated rings. The number of carbonyl (C=O) groups is 1. The van der Waals surface area contributed by atoms with Gasteiger partial charge < -0.3 is 4.74 Å². The monoisotopic (exact) mass is 295 g/mol. The SMILES string of the molecule is CCOC(=O)CC1(N2CCCC2)CCC(C(C)(C)C)CC1. The van der Waals surface area contributed by atoms with Crippen LogP contribution in [-0.4, -0.2) is 36.1 Å². The van der Waals surface area contributed by atoms with Crippen LogP contribution in [-0.2, 0) is 9.53 Å². The first-order valence-electron chi connectivity index (χ1n) is 8.78. The van der Waals surface area contributed by atoms with Crippen molar-refractivity contribution in [2.75, 3.05) is 19.7 Å². The third kappa shape index (κ3) is 4.00. The molecule has 0 spiro atoms. The van der Waals surface area contributed by atoms with E-state index in [0.29, 0.717) is 18.4 Å².